The molecule has 0 aliphatic carbocycles. The minimum absolute atomic E-state index is 0.00296. The van der Waals surface area contributed by atoms with Crippen LogP contribution in [0.2, 0.25) is 0 Å². The summed E-state index contributed by atoms with van der Waals surface area (Å²) in [6.07, 6.45) is 5.06. The number of carbonyl (C=O) groups is 2. The molecular formula is C11H11N3O5. The van der Waals surface area contributed by atoms with Gasteiger partial charge >= 0.3 is 11.8 Å². The van der Waals surface area contributed by atoms with E-state index in [1.54, 1.807) is 0 Å². The Labute approximate surface area is 108 Å². The molecule has 8 heteroatoms. The molecule has 0 atom stereocenters. The molecule has 1 N–H and O–H groups in total. The van der Waals surface area contributed by atoms with E-state index in [0.29, 0.717) is 0 Å². The number of terminal acetylenes is 1. The lowest BCUT2D eigenvalue weighted by Gasteiger charge is -2.16. The van der Waals surface area contributed by atoms with Crippen molar-refractivity contribution >= 4 is 17.7 Å². The Morgan fingerprint density at radius 3 is 2.63 bits per heavy atom. The maximum absolute atomic E-state index is 12.1. The van der Waals surface area contributed by atoms with E-state index >= 15 is 0 Å². The third-order valence-corrected chi connectivity index (χ3v) is 2.40. The highest BCUT2D eigenvalue weighted by molar-refractivity contribution is 5.95. The lowest BCUT2D eigenvalue weighted by atomic mass is 10.3. The number of carboxylic acid groups (broad SMARTS) is 1. The molecule has 0 aliphatic heterocycles. The zero-order valence-corrected chi connectivity index (χ0v) is 10.1. The first-order valence-corrected chi connectivity index (χ1v) is 5.13. The zero-order valence-electron chi connectivity index (χ0n) is 10.1. The fraction of sp³-hybridized carbons (Fsp3) is 0.273. The summed E-state index contributed by atoms with van der Waals surface area (Å²) in [4.78, 5) is 33.6. The van der Waals surface area contributed by atoms with Gasteiger partial charge in [-0.1, -0.05) is 5.92 Å². The number of rotatable bonds is 5. The average Bonchev–Trinajstić information content (AvgIpc) is 2.69. The van der Waals surface area contributed by atoms with Crippen LogP contribution in [0.1, 0.15) is 10.5 Å². The number of carbonyl (C=O) groups excluding carboxylic acids is 1. The number of hydrogen-bond acceptors (Lipinski definition) is 4. The van der Waals surface area contributed by atoms with E-state index < -0.39 is 23.3 Å². The Hall–Kier alpha value is -2.82. The fourth-order valence-corrected chi connectivity index (χ4v) is 1.53. The van der Waals surface area contributed by atoms with Crippen LogP contribution >= 0.6 is 0 Å². The number of amides is 1. The van der Waals surface area contributed by atoms with Gasteiger partial charge in [0.15, 0.2) is 5.69 Å². The third-order valence-electron chi connectivity index (χ3n) is 2.40. The van der Waals surface area contributed by atoms with E-state index in [1.165, 1.54) is 19.2 Å². The van der Waals surface area contributed by atoms with Crippen LogP contribution in [0.3, 0.4) is 0 Å². The molecule has 0 radical (unpaired) electrons. The van der Waals surface area contributed by atoms with Gasteiger partial charge in [0.1, 0.15) is 6.54 Å². The van der Waals surface area contributed by atoms with Gasteiger partial charge < -0.3 is 20.1 Å². The molecule has 8 nitrogen and oxygen atoms in total. The second-order valence-corrected chi connectivity index (χ2v) is 3.65. The first-order valence-electron chi connectivity index (χ1n) is 5.13. The van der Waals surface area contributed by atoms with Gasteiger partial charge in [-0.25, -0.2) is 4.57 Å². The van der Waals surface area contributed by atoms with Gasteiger partial charge in [0, 0.05) is 6.07 Å². The summed E-state index contributed by atoms with van der Waals surface area (Å²) in [5, 5.41) is 19.4. The highest BCUT2D eigenvalue weighted by Gasteiger charge is 2.25. The fourth-order valence-electron chi connectivity index (χ4n) is 1.53. The molecule has 1 aromatic heterocycles. The molecule has 0 aliphatic rings. The molecule has 0 spiro atoms. The Morgan fingerprint density at radius 1 is 1.58 bits per heavy atom. The lowest BCUT2D eigenvalue weighted by Crippen LogP contribution is -2.36. The molecule has 19 heavy (non-hydrogen) atoms. The minimum atomic E-state index is -1.22. The quantitative estimate of drug-likeness (QED) is 0.461. The van der Waals surface area contributed by atoms with Gasteiger partial charge in [0.2, 0.25) is 0 Å². The van der Waals surface area contributed by atoms with Crippen LogP contribution in [-0.4, -0.2) is 44.5 Å². The van der Waals surface area contributed by atoms with Gasteiger partial charge in [0.05, 0.1) is 13.6 Å². The van der Waals surface area contributed by atoms with Crippen LogP contribution in [0.5, 0.6) is 0 Å². The first kappa shape index (κ1) is 14.2. The van der Waals surface area contributed by atoms with Crippen LogP contribution in [0.15, 0.2) is 12.1 Å². The molecule has 1 amide bonds. The number of aromatic nitrogens is 1. The van der Waals surface area contributed by atoms with Crippen molar-refractivity contribution in [1.82, 2.24) is 9.47 Å². The topological polar surface area (TPSA) is 106 Å². The van der Waals surface area contributed by atoms with E-state index in [1.807, 2.05) is 0 Å². The smallest absolute Gasteiger partial charge is 0.323 e. The third kappa shape index (κ3) is 3.10. The van der Waals surface area contributed by atoms with E-state index in [9.17, 15) is 19.7 Å². The van der Waals surface area contributed by atoms with Crippen molar-refractivity contribution in [3.63, 3.8) is 0 Å². The van der Waals surface area contributed by atoms with Crippen molar-refractivity contribution in [2.45, 2.75) is 0 Å². The zero-order chi connectivity index (χ0) is 14.6. The van der Waals surface area contributed by atoms with Crippen LogP contribution < -0.4 is 0 Å². The number of carboxylic acids is 1. The first-order chi connectivity index (χ1) is 8.88. The van der Waals surface area contributed by atoms with Crippen LogP contribution in [0, 0.1) is 22.5 Å². The summed E-state index contributed by atoms with van der Waals surface area (Å²) in [6.45, 7) is -0.758. The number of nitrogens with zero attached hydrogens (tertiary/aromatic N) is 3. The summed E-state index contributed by atoms with van der Waals surface area (Å²) in [5.74, 6) is 0.0211. The summed E-state index contributed by atoms with van der Waals surface area (Å²) >= 11 is 0. The van der Waals surface area contributed by atoms with Gasteiger partial charge in [0.25, 0.3) is 5.91 Å². The standard InChI is InChI=1S/C11H11N3O5/c1-3-6-13(7-10(15)16)11(17)8-4-5-9(12(8)2)14(18)19/h1,4-5H,6-7H2,2H3,(H,15,16). The number of hydrogen-bond donors (Lipinski definition) is 1. The Kier molecular flexibility index (Phi) is 4.26. The highest BCUT2D eigenvalue weighted by atomic mass is 16.6. The van der Waals surface area contributed by atoms with E-state index in [4.69, 9.17) is 11.5 Å². The largest absolute Gasteiger partial charge is 0.480 e. The van der Waals surface area contributed by atoms with Gasteiger partial charge in [-0.15, -0.1) is 6.42 Å². The maximum Gasteiger partial charge on any atom is 0.323 e. The molecular weight excluding hydrogens is 254 g/mol. The van der Waals surface area contributed by atoms with E-state index in [-0.39, 0.29) is 18.1 Å². The monoisotopic (exact) mass is 265 g/mol. The molecule has 0 bridgehead atoms. The predicted octanol–water partition coefficient (Wildman–Crippen LogP) is 0.0933. The average molecular weight is 265 g/mol. The Bertz CT molecular complexity index is 569. The van der Waals surface area contributed by atoms with Crippen molar-refractivity contribution in [2.24, 2.45) is 7.05 Å². The van der Waals surface area contributed by atoms with Gasteiger partial charge in [-0.05, 0) is 11.0 Å². The molecule has 0 unspecified atom stereocenters. The molecule has 100 valence electrons. The van der Waals surface area contributed by atoms with Crippen molar-refractivity contribution < 1.29 is 19.6 Å². The summed E-state index contributed by atoms with van der Waals surface area (Å²) in [6, 6.07) is 2.42. The number of aliphatic carboxylic acids is 1. The predicted molar refractivity (Wildman–Crippen MR) is 64.4 cm³/mol. The summed E-state index contributed by atoms with van der Waals surface area (Å²) in [5.41, 5.74) is 0.00296. The summed E-state index contributed by atoms with van der Waals surface area (Å²) in [7, 11) is 1.35. The molecule has 1 rings (SSSR count). The van der Waals surface area contributed by atoms with Crippen LogP contribution in [-0.2, 0) is 11.8 Å². The molecule has 0 saturated carbocycles. The normalized spacial score (nSPS) is 9.68. The molecule has 0 aromatic carbocycles. The Balaban J connectivity index is 3.07. The van der Waals surface area contributed by atoms with Crippen LogP contribution in [0.4, 0.5) is 5.82 Å². The highest BCUT2D eigenvalue weighted by Crippen LogP contribution is 2.16. The lowest BCUT2D eigenvalue weighted by molar-refractivity contribution is -0.391. The molecule has 1 aromatic rings. The van der Waals surface area contributed by atoms with Crippen molar-refractivity contribution in [1.29, 1.82) is 0 Å². The SMILES string of the molecule is C#CCN(CC(=O)O)C(=O)c1ccc([N+](=O)[O-])n1C. The second kappa shape index (κ2) is 5.68. The second-order valence-electron chi connectivity index (χ2n) is 3.65. The minimum Gasteiger partial charge on any atom is -0.480 e. The van der Waals surface area contributed by atoms with Gasteiger partial charge in [-0.2, -0.15) is 0 Å². The van der Waals surface area contributed by atoms with Gasteiger partial charge in [-0.3, -0.25) is 9.59 Å². The molecule has 1 heterocycles. The number of nitro groups is 1. The van der Waals surface area contributed by atoms with Crippen molar-refractivity contribution in [3.8, 4) is 12.3 Å². The molecule has 0 fully saturated rings. The van der Waals surface area contributed by atoms with E-state index in [2.05, 4.69) is 5.92 Å². The summed E-state index contributed by atoms with van der Waals surface area (Å²) < 4.78 is 1.08. The van der Waals surface area contributed by atoms with Crippen LogP contribution in [0.25, 0.3) is 0 Å². The van der Waals surface area contributed by atoms with E-state index in [0.717, 1.165) is 9.47 Å². The van der Waals surface area contributed by atoms with Crippen molar-refractivity contribution in [2.75, 3.05) is 13.1 Å². The van der Waals surface area contributed by atoms with Crippen molar-refractivity contribution in [3.05, 3.63) is 27.9 Å². The Morgan fingerprint density at radius 2 is 2.21 bits per heavy atom. The maximum atomic E-state index is 12.1. The molecule has 0 saturated heterocycles.